The number of hydrazone groups is 1. The van der Waals surface area contributed by atoms with E-state index in [1.165, 1.54) is 24.3 Å². The SMILES string of the molecule is N#CC(C#N)=CN(N=C(C#N)C#N)c1ccc(Cl)c(C(F)(F)F)c1. The number of anilines is 1. The number of halogens is 4. The van der Waals surface area contributed by atoms with Crippen LogP contribution in [0.3, 0.4) is 0 Å². The second kappa shape index (κ2) is 7.65. The van der Waals surface area contributed by atoms with Gasteiger partial charge in [-0.3, -0.25) is 0 Å². The highest BCUT2D eigenvalue weighted by atomic mass is 35.5. The van der Waals surface area contributed by atoms with Crippen LogP contribution in [-0.2, 0) is 6.18 Å². The molecule has 0 heterocycles. The van der Waals surface area contributed by atoms with Crippen molar-refractivity contribution < 1.29 is 13.2 Å². The van der Waals surface area contributed by atoms with Crippen molar-refractivity contribution >= 4 is 23.0 Å². The van der Waals surface area contributed by atoms with Gasteiger partial charge < -0.3 is 0 Å². The normalized spacial score (nSPS) is 9.50. The molecule has 6 nitrogen and oxygen atoms in total. The number of nitrogens with zero attached hydrogens (tertiary/aromatic N) is 6. The van der Waals surface area contributed by atoms with Crippen LogP contribution in [0.4, 0.5) is 18.9 Å². The van der Waals surface area contributed by atoms with Crippen LogP contribution < -0.4 is 5.01 Å². The van der Waals surface area contributed by atoms with Crippen LogP contribution >= 0.6 is 11.6 Å². The first kappa shape index (κ1) is 18.5. The lowest BCUT2D eigenvalue weighted by Gasteiger charge is -2.17. The summed E-state index contributed by atoms with van der Waals surface area (Å²) in [5.74, 6) is 0. The summed E-state index contributed by atoms with van der Waals surface area (Å²) < 4.78 is 38.8. The number of allylic oxidation sites excluding steroid dienone is 1. The van der Waals surface area contributed by atoms with Gasteiger partial charge in [-0.15, -0.1) is 5.10 Å². The first-order valence-corrected chi connectivity index (χ1v) is 6.21. The van der Waals surface area contributed by atoms with Gasteiger partial charge in [0.1, 0.15) is 29.8 Å². The lowest BCUT2D eigenvalue weighted by Crippen LogP contribution is -2.14. The summed E-state index contributed by atoms with van der Waals surface area (Å²) in [6.45, 7) is 0. The number of alkyl halides is 3. The third-order valence-electron chi connectivity index (χ3n) is 2.43. The zero-order chi connectivity index (χ0) is 18.3. The Hall–Kier alpha value is -3.53. The van der Waals surface area contributed by atoms with Crippen LogP contribution in [0.2, 0.25) is 5.02 Å². The second-order valence-corrected chi connectivity index (χ2v) is 4.35. The summed E-state index contributed by atoms with van der Waals surface area (Å²) in [5, 5.41) is 38.5. The summed E-state index contributed by atoms with van der Waals surface area (Å²) in [6.07, 6.45) is -3.97. The van der Waals surface area contributed by atoms with E-state index in [1.54, 1.807) is 0 Å². The molecule has 0 fully saturated rings. The number of hydrogen-bond acceptors (Lipinski definition) is 6. The molecule has 10 heteroatoms. The molecule has 1 rings (SSSR count). The van der Waals surface area contributed by atoms with Gasteiger partial charge in [-0.05, 0) is 18.2 Å². The van der Waals surface area contributed by atoms with Crippen LogP contribution in [0.1, 0.15) is 5.56 Å². The summed E-state index contributed by atoms with van der Waals surface area (Å²) in [6, 6.07) is 8.50. The Labute approximate surface area is 139 Å². The lowest BCUT2D eigenvalue weighted by molar-refractivity contribution is -0.137. The van der Waals surface area contributed by atoms with E-state index in [1.807, 2.05) is 0 Å². The molecular weight excluding hydrogens is 345 g/mol. The average molecular weight is 349 g/mol. The second-order valence-electron chi connectivity index (χ2n) is 3.95. The Morgan fingerprint density at radius 2 is 1.67 bits per heavy atom. The highest BCUT2D eigenvalue weighted by Crippen LogP contribution is 2.37. The summed E-state index contributed by atoms with van der Waals surface area (Å²) in [7, 11) is 0. The van der Waals surface area contributed by atoms with E-state index in [9.17, 15) is 13.2 Å². The number of nitriles is 4. The van der Waals surface area contributed by atoms with Gasteiger partial charge in [0.25, 0.3) is 0 Å². The van der Waals surface area contributed by atoms with Gasteiger partial charge in [0.2, 0.25) is 5.71 Å². The zero-order valence-electron chi connectivity index (χ0n) is 11.5. The molecule has 0 saturated heterocycles. The molecule has 0 atom stereocenters. The number of hydrogen-bond donors (Lipinski definition) is 0. The van der Waals surface area contributed by atoms with Crippen molar-refractivity contribution in [1.29, 1.82) is 21.0 Å². The Kier molecular flexibility index (Phi) is 5.90. The van der Waals surface area contributed by atoms with Crippen LogP contribution in [0.15, 0.2) is 35.1 Å². The highest BCUT2D eigenvalue weighted by molar-refractivity contribution is 6.31. The van der Waals surface area contributed by atoms with Gasteiger partial charge in [-0.25, -0.2) is 5.01 Å². The standard InChI is InChI=1S/C14H4ClF3N6/c15-13-2-1-11(3-12(13)14(16,17)18)24(8-9(4-19)5-20)23-10(6-21)7-22/h1-3,8H. The van der Waals surface area contributed by atoms with Gasteiger partial charge in [0.15, 0.2) is 0 Å². The summed E-state index contributed by atoms with van der Waals surface area (Å²) in [5.41, 5.74) is -2.62. The molecule has 0 N–H and O–H groups in total. The molecule has 0 spiro atoms. The van der Waals surface area contributed by atoms with Crippen molar-refractivity contribution in [3.8, 4) is 24.3 Å². The van der Waals surface area contributed by atoms with Crippen LogP contribution in [-0.4, -0.2) is 5.71 Å². The third-order valence-corrected chi connectivity index (χ3v) is 2.76. The average Bonchev–Trinajstić information content (AvgIpc) is 2.55. The minimum absolute atomic E-state index is 0.252. The van der Waals surface area contributed by atoms with E-state index < -0.39 is 28.0 Å². The van der Waals surface area contributed by atoms with Crippen LogP contribution in [0, 0.1) is 45.3 Å². The predicted molar refractivity (Wildman–Crippen MR) is 76.9 cm³/mol. The Balaban J connectivity index is 3.59. The first-order chi connectivity index (χ1) is 11.3. The molecule has 0 bridgehead atoms. The maximum atomic E-state index is 12.9. The molecule has 24 heavy (non-hydrogen) atoms. The molecule has 0 aliphatic heterocycles. The quantitative estimate of drug-likeness (QED) is 0.471. The minimum Gasteiger partial charge on any atom is -0.237 e. The zero-order valence-corrected chi connectivity index (χ0v) is 12.3. The number of benzene rings is 1. The molecule has 0 radical (unpaired) electrons. The topological polar surface area (TPSA) is 111 Å². The fraction of sp³-hybridized carbons (Fsp3) is 0.0714. The molecule has 0 amide bonds. The van der Waals surface area contributed by atoms with Crippen molar-refractivity contribution in [2.75, 3.05) is 5.01 Å². The van der Waals surface area contributed by atoms with Gasteiger partial charge in [-0.2, -0.15) is 34.2 Å². The fourth-order valence-corrected chi connectivity index (χ4v) is 1.64. The monoisotopic (exact) mass is 348 g/mol. The van der Waals surface area contributed by atoms with E-state index in [2.05, 4.69) is 5.10 Å². The molecule has 1 aromatic carbocycles. The Morgan fingerprint density at radius 1 is 1.08 bits per heavy atom. The Morgan fingerprint density at radius 3 is 2.12 bits per heavy atom. The van der Waals surface area contributed by atoms with Crippen LogP contribution in [0.5, 0.6) is 0 Å². The third kappa shape index (κ3) is 4.48. The van der Waals surface area contributed by atoms with Crippen molar-refractivity contribution in [2.24, 2.45) is 5.10 Å². The van der Waals surface area contributed by atoms with Crippen molar-refractivity contribution in [3.05, 3.63) is 40.6 Å². The van der Waals surface area contributed by atoms with Crippen molar-refractivity contribution in [2.45, 2.75) is 6.18 Å². The van der Waals surface area contributed by atoms with Crippen LogP contribution in [0.25, 0.3) is 0 Å². The minimum atomic E-state index is -4.76. The van der Waals surface area contributed by atoms with E-state index in [0.717, 1.165) is 18.3 Å². The molecule has 0 saturated carbocycles. The predicted octanol–water partition coefficient (Wildman–Crippen LogP) is 3.50. The number of rotatable bonds is 3. The molecule has 0 aliphatic carbocycles. The first-order valence-electron chi connectivity index (χ1n) is 5.83. The van der Waals surface area contributed by atoms with Gasteiger partial charge in [-0.1, -0.05) is 11.6 Å². The largest absolute Gasteiger partial charge is 0.417 e. The summed E-state index contributed by atoms with van der Waals surface area (Å²) >= 11 is 5.51. The van der Waals surface area contributed by atoms with Gasteiger partial charge in [0, 0.05) is 0 Å². The van der Waals surface area contributed by atoms with E-state index in [0.29, 0.717) is 11.1 Å². The van der Waals surface area contributed by atoms with Crippen molar-refractivity contribution in [3.63, 3.8) is 0 Å². The van der Waals surface area contributed by atoms with E-state index >= 15 is 0 Å². The molecule has 0 aromatic heterocycles. The van der Waals surface area contributed by atoms with E-state index in [-0.39, 0.29) is 5.69 Å². The summed E-state index contributed by atoms with van der Waals surface area (Å²) in [4.78, 5) is 0. The molecule has 118 valence electrons. The maximum Gasteiger partial charge on any atom is 0.417 e. The Bertz CT molecular complexity index is 800. The highest BCUT2D eigenvalue weighted by Gasteiger charge is 2.33. The molecule has 1 aromatic rings. The molecule has 0 aliphatic rings. The van der Waals surface area contributed by atoms with Gasteiger partial charge in [0.05, 0.1) is 22.5 Å². The molecule has 0 unspecified atom stereocenters. The van der Waals surface area contributed by atoms with Gasteiger partial charge >= 0.3 is 6.18 Å². The van der Waals surface area contributed by atoms with Crippen molar-refractivity contribution in [1.82, 2.24) is 0 Å². The molecular formula is C14H4ClF3N6. The fourth-order valence-electron chi connectivity index (χ4n) is 1.42. The van der Waals surface area contributed by atoms with E-state index in [4.69, 9.17) is 32.6 Å². The smallest absolute Gasteiger partial charge is 0.237 e. The maximum absolute atomic E-state index is 12.9. The lowest BCUT2D eigenvalue weighted by atomic mass is 10.2.